The van der Waals surface area contributed by atoms with Crippen LogP contribution in [0.1, 0.15) is 22.3 Å². The van der Waals surface area contributed by atoms with Gasteiger partial charge in [0.25, 0.3) is 0 Å². The van der Waals surface area contributed by atoms with Crippen LogP contribution in [0.5, 0.6) is 0 Å². The quantitative estimate of drug-likeness (QED) is 0.131. The maximum absolute atomic E-state index is 5.24. The molecule has 0 radical (unpaired) electrons. The number of aryl methyl sites for hydroxylation is 4. The smallest absolute Gasteiger partial charge is 0.140 e. The lowest BCUT2D eigenvalue weighted by atomic mass is 9.93. The fourth-order valence-corrected chi connectivity index (χ4v) is 9.85. The molecule has 0 bridgehead atoms. The summed E-state index contributed by atoms with van der Waals surface area (Å²) < 4.78 is 2.24. The van der Waals surface area contributed by atoms with E-state index in [1.807, 2.05) is 0 Å². The van der Waals surface area contributed by atoms with Crippen LogP contribution in [0.25, 0.3) is 78.9 Å². The molecule has 9 heteroatoms. The number of anilines is 5. The zero-order valence-electron chi connectivity index (χ0n) is 45.0. The summed E-state index contributed by atoms with van der Waals surface area (Å²) in [5.74, 6) is 1.85. The van der Waals surface area contributed by atoms with Crippen molar-refractivity contribution in [1.29, 1.82) is 0 Å². The Morgan fingerprint density at radius 3 is 1.21 bits per heavy atom. The Morgan fingerprint density at radius 2 is 0.778 bits per heavy atom. The molecule has 0 atom stereocenters. The Balaban J connectivity index is 0.000000193. The Morgan fingerprint density at radius 1 is 0.375 bits per heavy atom. The number of nitrogens with zero attached hydrogens (tertiary/aromatic N) is 8. The normalized spacial score (nSPS) is 11.0. The SMILES string of the molecule is Cc1cc(-c2nc(-c3ccc(N(C)C)cc3)c(-c3ccc(N(C)C)cc3)[nH]2)cc(C)c1-c1ccccc1.Cc1cc(-c2nc(-c3ccc(N(C)C)cc3)c(-c3ccc(N(C)C)cc3)n2C)cc(C)c1N(C)C. The Hall–Kier alpha value is -8.04. The van der Waals surface area contributed by atoms with Gasteiger partial charge in [-0.15, -0.1) is 0 Å². The van der Waals surface area contributed by atoms with E-state index in [0.717, 1.165) is 67.8 Å². The number of aromatic nitrogens is 4. The van der Waals surface area contributed by atoms with Gasteiger partial charge < -0.3 is 34.1 Å². The molecule has 0 amide bonds. The van der Waals surface area contributed by atoms with Gasteiger partial charge >= 0.3 is 0 Å². The lowest BCUT2D eigenvalue weighted by Gasteiger charge is -2.20. The molecule has 2 heterocycles. The van der Waals surface area contributed by atoms with E-state index in [1.54, 1.807) is 0 Å². The molecule has 9 nitrogen and oxygen atoms in total. The van der Waals surface area contributed by atoms with Crippen molar-refractivity contribution in [1.82, 2.24) is 19.5 Å². The predicted molar refractivity (Wildman–Crippen MR) is 310 cm³/mol. The van der Waals surface area contributed by atoms with Crippen molar-refractivity contribution in [3.05, 3.63) is 174 Å². The van der Waals surface area contributed by atoms with Crippen molar-refractivity contribution in [2.45, 2.75) is 27.7 Å². The molecule has 72 heavy (non-hydrogen) atoms. The Labute approximate surface area is 428 Å². The van der Waals surface area contributed by atoms with Crippen molar-refractivity contribution >= 4 is 28.4 Å². The van der Waals surface area contributed by atoms with E-state index >= 15 is 0 Å². The minimum Gasteiger partial charge on any atom is -0.378 e. The molecule has 0 saturated heterocycles. The van der Waals surface area contributed by atoms with Gasteiger partial charge in [-0.1, -0.05) is 78.9 Å². The lowest BCUT2D eigenvalue weighted by molar-refractivity contribution is 0.932. The van der Waals surface area contributed by atoms with Crippen LogP contribution in [-0.4, -0.2) is 90.0 Å². The number of rotatable bonds is 12. The monoisotopic (exact) mass is 954 g/mol. The van der Waals surface area contributed by atoms with Crippen molar-refractivity contribution in [3.63, 3.8) is 0 Å². The van der Waals surface area contributed by atoms with E-state index in [1.165, 1.54) is 61.8 Å². The van der Waals surface area contributed by atoms with E-state index in [2.05, 4.69) is 291 Å². The molecule has 0 unspecified atom stereocenters. The standard InChI is InChI=1S/C33H34N4.C30H37N5/c1-22-20-27(21-23(2)30(22)24-10-8-7-9-11-24)33-34-31(25-12-16-28(17-13-25)36(3)4)32(35-33)26-14-18-29(19-15-26)37(5)6;1-20-18-24(19-21(2)28(20)34(7)8)30-31-27(22-10-14-25(15-11-22)32(3)4)29(35(30)9)23-12-16-26(17-13-23)33(5)6/h7-21H,1-6H3,(H,34,35);10-19H,1-9H3. The average molecular weight is 954 g/mol. The molecule has 0 spiro atoms. The first-order valence-electron chi connectivity index (χ1n) is 24.6. The van der Waals surface area contributed by atoms with Gasteiger partial charge in [0.1, 0.15) is 11.6 Å². The number of nitrogens with one attached hydrogen (secondary N) is 1. The zero-order valence-corrected chi connectivity index (χ0v) is 45.0. The molecular formula is C63H71N9. The van der Waals surface area contributed by atoms with Gasteiger partial charge in [0.05, 0.1) is 22.8 Å². The fraction of sp³-hybridized carbons (Fsp3) is 0.238. The molecule has 9 aromatic rings. The van der Waals surface area contributed by atoms with Crippen LogP contribution in [0.4, 0.5) is 28.4 Å². The first-order valence-corrected chi connectivity index (χ1v) is 24.6. The van der Waals surface area contributed by atoms with Crippen molar-refractivity contribution < 1.29 is 0 Å². The lowest BCUT2D eigenvalue weighted by Crippen LogP contribution is -2.12. The van der Waals surface area contributed by atoms with E-state index in [-0.39, 0.29) is 0 Å². The minimum absolute atomic E-state index is 0.879. The molecule has 0 aliphatic rings. The maximum atomic E-state index is 5.24. The third kappa shape index (κ3) is 10.5. The summed E-state index contributed by atoms with van der Waals surface area (Å²) in [5, 5.41) is 0. The third-order valence-electron chi connectivity index (χ3n) is 13.5. The Bertz CT molecular complexity index is 3170. The molecule has 2 aromatic heterocycles. The minimum atomic E-state index is 0.879. The molecule has 0 saturated carbocycles. The molecule has 368 valence electrons. The summed E-state index contributed by atoms with van der Waals surface area (Å²) in [7, 11) is 22.8. The highest BCUT2D eigenvalue weighted by Gasteiger charge is 2.22. The van der Waals surface area contributed by atoms with E-state index in [9.17, 15) is 0 Å². The molecule has 7 aromatic carbocycles. The number of imidazole rings is 2. The maximum Gasteiger partial charge on any atom is 0.140 e. The highest BCUT2D eigenvalue weighted by atomic mass is 15.1. The Kier molecular flexibility index (Phi) is 14.8. The van der Waals surface area contributed by atoms with Crippen LogP contribution >= 0.6 is 0 Å². The highest BCUT2D eigenvalue weighted by molar-refractivity contribution is 5.85. The van der Waals surface area contributed by atoms with Crippen LogP contribution in [0.3, 0.4) is 0 Å². The van der Waals surface area contributed by atoms with Crippen LogP contribution in [0.15, 0.2) is 152 Å². The molecule has 0 aliphatic carbocycles. The molecule has 0 fully saturated rings. The largest absolute Gasteiger partial charge is 0.378 e. The summed E-state index contributed by atoms with van der Waals surface area (Å²) in [5.41, 5.74) is 24.3. The fourth-order valence-electron chi connectivity index (χ4n) is 9.85. The van der Waals surface area contributed by atoms with Crippen molar-refractivity contribution in [2.75, 3.05) is 95.0 Å². The summed E-state index contributed by atoms with van der Waals surface area (Å²) in [6, 6.07) is 54.2. The molecular weight excluding hydrogens is 883 g/mol. The second kappa shape index (κ2) is 21.1. The number of hydrogen-bond donors (Lipinski definition) is 1. The summed E-state index contributed by atoms with van der Waals surface area (Å²) in [6.45, 7) is 8.72. The number of H-pyrrole nitrogens is 1. The van der Waals surface area contributed by atoms with Crippen molar-refractivity contribution in [2.24, 2.45) is 7.05 Å². The van der Waals surface area contributed by atoms with Gasteiger partial charge in [0, 0.05) is 139 Å². The van der Waals surface area contributed by atoms with Gasteiger partial charge in [0.15, 0.2) is 0 Å². The molecule has 1 N–H and O–H groups in total. The first kappa shape index (κ1) is 50.4. The van der Waals surface area contributed by atoms with Crippen LogP contribution < -0.4 is 24.5 Å². The van der Waals surface area contributed by atoms with Crippen LogP contribution in [-0.2, 0) is 7.05 Å². The molecule has 0 aliphatic heterocycles. The van der Waals surface area contributed by atoms with Gasteiger partial charge in [-0.3, -0.25) is 0 Å². The summed E-state index contributed by atoms with van der Waals surface area (Å²) >= 11 is 0. The van der Waals surface area contributed by atoms with Gasteiger partial charge in [0.2, 0.25) is 0 Å². The number of hydrogen-bond acceptors (Lipinski definition) is 7. The van der Waals surface area contributed by atoms with Gasteiger partial charge in [-0.25, -0.2) is 9.97 Å². The van der Waals surface area contributed by atoms with Gasteiger partial charge in [-0.05, 0) is 134 Å². The second-order valence-electron chi connectivity index (χ2n) is 20.0. The first-order chi connectivity index (χ1) is 34.4. The molecule has 9 rings (SSSR count). The van der Waals surface area contributed by atoms with E-state index < -0.39 is 0 Å². The van der Waals surface area contributed by atoms with Gasteiger partial charge in [-0.2, -0.15) is 0 Å². The van der Waals surface area contributed by atoms with E-state index in [0.29, 0.717) is 0 Å². The predicted octanol–water partition coefficient (Wildman–Crippen LogP) is 14.1. The average Bonchev–Trinajstić information content (AvgIpc) is 3.96. The zero-order chi connectivity index (χ0) is 51.5. The summed E-state index contributed by atoms with van der Waals surface area (Å²) in [4.78, 5) is 24.7. The van der Waals surface area contributed by atoms with Crippen molar-refractivity contribution in [3.8, 4) is 78.9 Å². The second-order valence-corrected chi connectivity index (χ2v) is 20.0. The number of benzene rings is 7. The van der Waals surface area contributed by atoms with Crippen LogP contribution in [0.2, 0.25) is 0 Å². The topological polar surface area (TPSA) is 62.7 Å². The highest BCUT2D eigenvalue weighted by Crippen LogP contribution is 2.40. The summed E-state index contributed by atoms with van der Waals surface area (Å²) in [6.07, 6.45) is 0. The number of aromatic amines is 1. The van der Waals surface area contributed by atoms with E-state index in [4.69, 9.17) is 9.97 Å². The van der Waals surface area contributed by atoms with Crippen LogP contribution in [0, 0.1) is 27.7 Å². The third-order valence-corrected chi connectivity index (χ3v) is 13.5.